The number of rotatable bonds is 2. The molecule has 3 nitrogen and oxygen atoms in total. The topological polar surface area (TPSA) is 45.9 Å². The number of benzene rings is 1. The molecule has 0 aliphatic carbocycles. The van der Waals surface area contributed by atoms with Gasteiger partial charge in [0.2, 0.25) is 0 Å². The van der Waals surface area contributed by atoms with Gasteiger partial charge in [-0.25, -0.2) is 0 Å². The van der Waals surface area contributed by atoms with Crippen molar-refractivity contribution in [3.05, 3.63) is 36.2 Å². The first-order valence-corrected chi connectivity index (χ1v) is 5.15. The number of pyridine rings is 1. The van der Waals surface area contributed by atoms with Gasteiger partial charge < -0.3 is 4.74 Å². The molecule has 2 aromatic rings. The molecule has 0 bridgehead atoms. The van der Waals surface area contributed by atoms with Crippen LogP contribution in [0.15, 0.2) is 30.6 Å². The van der Waals surface area contributed by atoms with Crippen molar-refractivity contribution in [2.45, 2.75) is 20.0 Å². The lowest BCUT2D eigenvalue weighted by molar-refractivity contribution is 0.242. The van der Waals surface area contributed by atoms with Crippen LogP contribution < -0.4 is 4.74 Å². The number of nitriles is 1. The van der Waals surface area contributed by atoms with Crippen LogP contribution in [0.4, 0.5) is 0 Å². The Morgan fingerprint density at radius 2 is 2.12 bits per heavy atom. The maximum absolute atomic E-state index is 9.05. The van der Waals surface area contributed by atoms with Gasteiger partial charge in [-0.05, 0) is 37.4 Å². The summed E-state index contributed by atoms with van der Waals surface area (Å²) >= 11 is 0. The van der Waals surface area contributed by atoms with E-state index in [1.165, 1.54) is 0 Å². The van der Waals surface area contributed by atoms with Crippen LogP contribution in [0.5, 0.6) is 5.75 Å². The van der Waals surface area contributed by atoms with Gasteiger partial charge in [-0.3, -0.25) is 4.98 Å². The van der Waals surface area contributed by atoms with Crippen LogP contribution in [-0.2, 0) is 0 Å². The monoisotopic (exact) mass is 212 g/mol. The van der Waals surface area contributed by atoms with E-state index in [0.717, 1.165) is 10.8 Å². The third-order valence-electron chi connectivity index (χ3n) is 2.22. The van der Waals surface area contributed by atoms with Gasteiger partial charge in [0.15, 0.2) is 0 Å². The molecular weight excluding hydrogens is 200 g/mol. The van der Waals surface area contributed by atoms with E-state index in [9.17, 15) is 0 Å². The maximum Gasteiger partial charge on any atom is 0.138 e. The number of fused-ring (bicyclic) bond motifs is 1. The van der Waals surface area contributed by atoms with Gasteiger partial charge >= 0.3 is 0 Å². The van der Waals surface area contributed by atoms with E-state index in [1.54, 1.807) is 12.4 Å². The number of hydrogen-bond donors (Lipinski definition) is 0. The Labute approximate surface area is 94.3 Å². The zero-order chi connectivity index (χ0) is 11.5. The summed E-state index contributed by atoms with van der Waals surface area (Å²) < 4.78 is 5.59. The van der Waals surface area contributed by atoms with Crippen LogP contribution >= 0.6 is 0 Å². The second-order valence-corrected chi connectivity index (χ2v) is 3.85. The highest BCUT2D eigenvalue weighted by atomic mass is 16.5. The van der Waals surface area contributed by atoms with Crippen LogP contribution in [0.3, 0.4) is 0 Å². The van der Waals surface area contributed by atoms with Crippen LogP contribution in [0.2, 0.25) is 0 Å². The molecule has 1 heterocycles. The summed E-state index contributed by atoms with van der Waals surface area (Å²) in [6.45, 7) is 3.88. The lowest BCUT2D eigenvalue weighted by atomic mass is 10.1. The molecule has 0 aliphatic rings. The normalized spacial score (nSPS) is 10.4. The number of aromatic nitrogens is 1. The minimum atomic E-state index is 0.0567. The minimum Gasteiger partial charge on any atom is -0.490 e. The summed E-state index contributed by atoms with van der Waals surface area (Å²) in [5.41, 5.74) is 0.562. The third kappa shape index (κ3) is 1.96. The van der Waals surface area contributed by atoms with Crippen molar-refractivity contribution < 1.29 is 4.74 Å². The fourth-order valence-corrected chi connectivity index (χ4v) is 1.55. The molecule has 80 valence electrons. The summed E-state index contributed by atoms with van der Waals surface area (Å²) in [6, 6.07) is 7.72. The Bertz CT molecular complexity index is 555. The first-order chi connectivity index (χ1) is 7.70. The van der Waals surface area contributed by atoms with Gasteiger partial charge in [-0.1, -0.05) is 0 Å². The van der Waals surface area contributed by atoms with E-state index < -0.39 is 0 Å². The Kier molecular flexibility index (Phi) is 2.74. The van der Waals surface area contributed by atoms with Crippen LogP contribution in [0.1, 0.15) is 19.4 Å². The zero-order valence-corrected chi connectivity index (χ0v) is 9.27. The fraction of sp³-hybridized carbons (Fsp3) is 0.231. The van der Waals surface area contributed by atoms with E-state index in [0.29, 0.717) is 11.3 Å². The second-order valence-electron chi connectivity index (χ2n) is 3.85. The van der Waals surface area contributed by atoms with Crippen molar-refractivity contribution in [1.29, 1.82) is 5.26 Å². The molecule has 0 N–H and O–H groups in total. The molecule has 0 saturated carbocycles. The molecule has 0 unspecified atom stereocenters. The van der Waals surface area contributed by atoms with E-state index >= 15 is 0 Å². The molecule has 0 fully saturated rings. The van der Waals surface area contributed by atoms with Crippen molar-refractivity contribution >= 4 is 10.8 Å². The van der Waals surface area contributed by atoms with E-state index in [4.69, 9.17) is 10.00 Å². The van der Waals surface area contributed by atoms with E-state index in [2.05, 4.69) is 11.1 Å². The van der Waals surface area contributed by atoms with Gasteiger partial charge in [-0.15, -0.1) is 0 Å². The largest absolute Gasteiger partial charge is 0.490 e. The molecule has 0 amide bonds. The summed E-state index contributed by atoms with van der Waals surface area (Å²) in [4.78, 5) is 4.05. The molecule has 1 aromatic carbocycles. The van der Waals surface area contributed by atoms with Crippen LogP contribution in [0.25, 0.3) is 10.8 Å². The Balaban J connectivity index is 2.59. The lowest BCUT2D eigenvalue weighted by Crippen LogP contribution is -2.06. The van der Waals surface area contributed by atoms with Crippen molar-refractivity contribution in [2.75, 3.05) is 0 Å². The van der Waals surface area contributed by atoms with E-state index in [-0.39, 0.29) is 6.10 Å². The van der Waals surface area contributed by atoms with Gasteiger partial charge in [0.1, 0.15) is 11.8 Å². The molecule has 0 atom stereocenters. The summed E-state index contributed by atoms with van der Waals surface area (Å²) in [5.74, 6) is 0.623. The standard InChI is InChI=1S/C13H12N2O/c1-9(2)16-13-6-12-8-15-4-3-10(12)5-11(13)7-14/h3-6,8-9H,1-2H3. The average molecular weight is 212 g/mol. The molecule has 16 heavy (non-hydrogen) atoms. The first kappa shape index (κ1) is 10.4. The highest BCUT2D eigenvalue weighted by molar-refractivity contribution is 5.85. The summed E-state index contributed by atoms with van der Waals surface area (Å²) in [5, 5.41) is 11.0. The number of ether oxygens (including phenoxy) is 1. The predicted octanol–water partition coefficient (Wildman–Crippen LogP) is 2.89. The van der Waals surface area contributed by atoms with Gasteiger partial charge in [0, 0.05) is 17.8 Å². The molecule has 2 rings (SSSR count). The number of hydrogen-bond acceptors (Lipinski definition) is 3. The van der Waals surface area contributed by atoms with Gasteiger partial charge in [0.05, 0.1) is 11.7 Å². The zero-order valence-electron chi connectivity index (χ0n) is 9.27. The summed E-state index contributed by atoms with van der Waals surface area (Å²) in [7, 11) is 0. The lowest BCUT2D eigenvalue weighted by Gasteiger charge is -2.11. The van der Waals surface area contributed by atoms with Crippen molar-refractivity contribution in [3.63, 3.8) is 0 Å². The predicted molar refractivity (Wildman–Crippen MR) is 62.2 cm³/mol. The smallest absolute Gasteiger partial charge is 0.138 e. The fourth-order valence-electron chi connectivity index (χ4n) is 1.55. The molecule has 3 heteroatoms. The molecule has 0 aliphatic heterocycles. The third-order valence-corrected chi connectivity index (χ3v) is 2.22. The Morgan fingerprint density at radius 1 is 1.31 bits per heavy atom. The molecule has 0 spiro atoms. The van der Waals surface area contributed by atoms with Crippen LogP contribution in [-0.4, -0.2) is 11.1 Å². The van der Waals surface area contributed by atoms with Crippen molar-refractivity contribution in [2.24, 2.45) is 0 Å². The highest BCUT2D eigenvalue weighted by Gasteiger charge is 2.07. The van der Waals surface area contributed by atoms with Crippen molar-refractivity contribution in [1.82, 2.24) is 4.98 Å². The van der Waals surface area contributed by atoms with Crippen molar-refractivity contribution in [3.8, 4) is 11.8 Å². The van der Waals surface area contributed by atoms with E-state index in [1.807, 2.05) is 32.0 Å². The molecule has 1 aromatic heterocycles. The van der Waals surface area contributed by atoms with Crippen LogP contribution in [0, 0.1) is 11.3 Å². The Morgan fingerprint density at radius 3 is 2.81 bits per heavy atom. The summed E-state index contributed by atoms with van der Waals surface area (Å²) in [6.07, 6.45) is 3.54. The van der Waals surface area contributed by atoms with Gasteiger partial charge in [-0.2, -0.15) is 5.26 Å². The quantitative estimate of drug-likeness (QED) is 0.768. The Hall–Kier alpha value is -2.08. The maximum atomic E-state index is 9.05. The van der Waals surface area contributed by atoms with Gasteiger partial charge in [0.25, 0.3) is 0 Å². The average Bonchev–Trinajstić information content (AvgIpc) is 2.27. The molecule has 0 radical (unpaired) electrons. The highest BCUT2D eigenvalue weighted by Crippen LogP contribution is 2.25. The minimum absolute atomic E-state index is 0.0567. The first-order valence-electron chi connectivity index (χ1n) is 5.15. The molecular formula is C13H12N2O. The SMILES string of the molecule is CC(C)Oc1cc2cnccc2cc1C#N. The second kappa shape index (κ2) is 4.19. The number of nitrogens with zero attached hydrogens (tertiary/aromatic N) is 2. The molecule has 0 saturated heterocycles.